The second kappa shape index (κ2) is 4.83. The molecule has 1 fully saturated rings. The number of anilines is 1. The molecule has 1 heterocycles. The highest BCUT2D eigenvalue weighted by molar-refractivity contribution is 9.10. The highest BCUT2D eigenvalue weighted by Gasteiger charge is 2.30. The van der Waals surface area contributed by atoms with E-state index < -0.39 is 5.97 Å². The highest BCUT2D eigenvalue weighted by Crippen LogP contribution is 2.30. The number of nitrogens with one attached hydrogen (secondary N) is 1. The van der Waals surface area contributed by atoms with E-state index in [0.29, 0.717) is 10.3 Å². The van der Waals surface area contributed by atoms with Gasteiger partial charge in [-0.1, -0.05) is 0 Å². The lowest BCUT2D eigenvalue weighted by molar-refractivity contribution is -0.117. The SMILES string of the molecule is COC(=O)c1nc(NC(=O)C2CC2)ccc1Br. The molecule has 1 aromatic rings. The molecular formula is C11H11BrN2O3. The number of carbonyl (C=O) groups is 2. The number of amides is 1. The van der Waals surface area contributed by atoms with Gasteiger partial charge >= 0.3 is 5.97 Å². The summed E-state index contributed by atoms with van der Waals surface area (Å²) in [5.41, 5.74) is 0.154. The zero-order valence-corrected chi connectivity index (χ0v) is 10.8. The minimum absolute atomic E-state index is 0.0457. The van der Waals surface area contributed by atoms with Crippen LogP contribution in [0.3, 0.4) is 0 Å². The Labute approximate surface area is 107 Å². The smallest absolute Gasteiger partial charge is 0.357 e. The Hall–Kier alpha value is -1.43. The third-order valence-corrected chi connectivity index (χ3v) is 3.06. The molecule has 0 unspecified atom stereocenters. The van der Waals surface area contributed by atoms with Crippen LogP contribution in [0.4, 0.5) is 5.82 Å². The molecule has 1 saturated carbocycles. The molecule has 0 aliphatic heterocycles. The van der Waals surface area contributed by atoms with E-state index in [4.69, 9.17) is 0 Å². The van der Waals surface area contributed by atoms with Gasteiger partial charge < -0.3 is 10.1 Å². The van der Waals surface area contributed by atoms with Crippen LogP contribution >= 0.6 is 15.9 Å². The van der Waals surface area contributed by atoms with Gasteiger partial charge in [0.1, 0.15) is 5.82 Å². The Kier molecular flexibility index (Phi) is 3.42. The molecule has 0 bridgehead atoms. The third kappa shape index (κ3) is 2.82. The summed E-state index contributed by atoms with van der Waals surface area (Å²) in [5.74, 6) is -0.123. The van der Waals surface area contributed by atoms with Gasteiger partial charge in [0.25, 0.3) is 0 Å². The Morgan fingerprint density at radius 1 is 1.47 bits per heavy atom. The zero-order chi connectivity index (χ0) is 12.4. The molecule has 0 radical (unpaired) electrons. The maximum atomic E-state index is 11.5. The molecule has 1 aliphatic rings. The van der Waals surface area contributed by atoms with Crippen molar-refractivity contribution in [3.8, 4) is 0 Å². The quantitative estimate of drug-likeness (QED) is 0.867. The summed E-state index contributed by atoms with van der Waals surface area (Å²) in [6.07, 6.45) is 1.85. The molecule has 0 saturated heterocycles. The fourth-order valence-electron chi connectivity index (χ4n) is 1.33. The van der Waals surface area contributed by atoms with Crippen LogP contribution < -0.4 is 5.32 Å². The van der Waals surface area contributed by atoms with Gasteiger partial charge in [-0.05, 0) is 40.9 Å². The van der Waals surface area contributed by atoms with Crippen LogP contribution in [-0.4, -0.2) is 24.0 Å². The van der Waals surface area contributed by atoms with E-state index in [0.717, 1.165) is 12.8 Å². The lowest BCUT2D eigenvalue weighted by atomic mass is 10.3. The van der Waals surface area contributed by atoms with Crippen molar-refractivity contribution in [1.29, 1.82) is 0 Å². The van der Waals surface area contributed by atoms with Crippen molar-refractivity contribution in [2.75, 3.05) is 12.4 Å². The van der Waals surface area contributed by atoms with Crippen molar-refractivity contribution < 1.29 is 14.3 Å². The number of rotatable bonds is 3. The zero-order valence-electron chi connectivity index (χ0n) is 9.20. The summed E-state index contributed by atoms with van der Waals surface area (Å²) < 4.78 is 5.13. The van der Waals surface area contributed by atoms with Crippen LogP contribution in [0.5, 0.6) is 0 Å². The largest absolute Gasteiger partial charge is 0.464 e. The number of methoxy groups -OCH3 is 1. The fraction of sp³-hybridized carbons (Fsp3) is 0.364. The summed E-state index contributed by atoms with van der Waals surface area (Å²) in [7, 11) is 1.28. The predicted octanol–water partition coefficient (Wildman–Crippen LogP) is 1.98. The lowest BCUT2D eigenvalue weighted by Crippen LogP contribution is -2.16. The number of esters is 1. The maximum Gasteiger partial charge on any atom is 0.357 e. The first-order valence-corrected chi connectivity index (χ1v) is 5.97. The van der Waals surface area contributed by atoms with Crippen molar-refractivity contribution in [1.82, 2.24) is 4.98 Å². The van der Waals surface area contributed by atoms with Crippen molar-refractivity contribution in [2.45, 2.75) is 12.8 Å². The van der Waals surface area contributed by atoms with Crippen molar-refractivity contribution in [2.24, 2.45) is 5.92 Å². The van der Waals surface area contributed by atoms with Gasteiger partial charge in [-0.2, -0.15) is 0 Å². The molecule has 17 heavy (non-hydrogen) atoms. The van der Waals surface area contributed by atoms with Gasteiger partial charge in [0.05, 0.1) is 11.6 Å². The van der Waals surface area contributed by atoms with Crippen LogP contribution in [0.1, 0.15) is 23.3 Å². The summed E-state index contributed by atoms with van der Waals surface area (Å²) in [4.78, 5) is 27.0. The first kappa shape index (κ1) is 12.0. The number of ether oxygens (including phenoxy) is 1. The minimum atomic E-state index is -0.542. The molecule has 2 rings (SSSR count). The standard InChI is InChI=1S/C11H11BrN2O3/c1-17-11(16)9-7(12)4-5-8(13-9)14-10(15)6-2-3-6/h4-6H,2-3H2,1H3,(H,13,14,15). The first-order chi connectivity index (χ1) is 8.11. The number of hydrogen-bond donors (Lipinski definition) is 1. The molecule has 0 aromatic carbocycles. The molecule has 1 amide bonds. The summed E-state index contributed by atoms with van der Waals surface area (Å²) in [6, 6.07) is 3.29. The first-order valence-electron chi connectivity index (χ1n) is 5.17. The van der Waals surface area contributed by atoms with E-state index >= 15 is 0 Å². The summed E-state index contributed by atoms with van der Waals surface area (Å²) in [6.45, 7) is 0. The van der Waals surface area contributed by atoms with E-state index in [-0.39, 0.29) is 17.5 Å². The average Bonchev–Trinajstić information content (AvgIpc) is 3.14. The Bertz CT molecular complexity index is 472. The van der Waals surface area contributed by atoms with Crippen LogP contribution in [0.25, 0.3) is 0 Å². The average molecular weight is 299 g/mol. The molecule has 1 aliphatic carbocycles. The molecule has 90 valence electrons. The predicted molar refractivity (Wildman–Crippen MR) is 64.6 cm³/mol. The van der Waals surface area contributed by atoms with Gasteiger partial charge in [-0.3, -0.25) is 4.79 Å². The van der Waals surface area contributed by atoms with Gasteiger partial charge in [0.15, 0.2) is 5.69 Å². The van der Waals surface area contributed by atoms with Gasteiger partial charge in [0, 0.05) is 5.92 Å². The fourth-order valence-corrected chi connectivity index (χ4v) is 1.71. The lowest BCUT2D eigenvalue weighted by Gasteiger charge is -2.06. The van der Waals surface area contributed by atoms with Crippen molar-refractivity contribution in [3.05, 3.63) is 22.3 Å². The molecule has 1 N–H and O–H groups in total. The van der Waals surface area contributed by atoms with Gasteiger partial charge in [0.2, 0.25) is 5.91 Å². The number of halogens is 1. The minimum Gasteiger partial charge on any atom is -0.464 e. The second-order valence-corrected chi connectivity index (χ2v) is 4.64. The van der Waals surface area contributed by atoms with Crippen molar-refractivity contribution in [3.63, 3.8) is 0 Å². The number of hydrogen-bond acceptors (Lipinski definition) is 4. The topological polar surface area (TPSA) is 68.3 Å². The number of nitrogens with zero attached hydrogens (tertiary/aromatic N) is 1. The van der Waals surface area contributed by atoms with Crippen molar-refractivity contribution >= 4 is 33.6 Å². The van der Waals surface area contributed by atoms with E-state index in [1.165, 1.54) is 7.11 Å². The molecular weight excluding hydrogens is 288 g/mol. The van der Waals surface area contributed by atoms with E-state index in [1.807, 2.05) is 0 Å². The molecule has 5 nitrogen and oxygen atoms in total. The monoisotopic (exact) mass is 298 g/mol. The van der Waals surface area contributed by atoms with Crippen LogP contribution in [-0.2, 0) is 9.53 Å². The van der Waals surface area contributed by atoms with Gasteiger partial charge in [-0.15, -0.1) is 0 Å². The molecule has 1 aromatic heterocycles. The Morgan fingerprint density at radius 2 is 2.18 bits per heavy atom. The Balaban J connectivity index is 2.17. The normalized spacial score (nSPS) is 14.2. The van der Waals surface area contributed by atoms with Crippen LogP contribution in [0, 0.1) is 5.92 Å². The van der Waals surface area contributed by atoms with E-state index in [2.05, 4.69) is 31.0 Å². The van der Waals surface area contributed by atoms with Gasteiger partial charge in [-0.25, -0.2) is 9.78 Å². The number of aromatic nitrogens is 1. The highest BCUT2D eigenvalue weighted by atomic mass is 79.9. The summed E-state index contributed by atoms with van der Waals surface area (Å²) >= 11 is 3.20. The second-order valence-electron chi connectivity index (χ2n) is 3.78. The molecule has 0 atom stereocenters. The molecule has 0 spiro atoms. The third-order valence-electron chi connectivity index (χ3n) is 2.42. The number of carbonyl (C=O) groups excluding carboxylic acids is 2. The number of pyridine rings is 1. The van der Waals surface area contributed by atoms with Crippen LogP contribution in [0.15, 0.2) is 16.6 Å². The molecule has 6 heteroatoms. The Morgan fingerprint density at radius 3 is 2.76 bits per heavy atom. The van der Waals surface area contributed by atoms with Crippen LogP contribution in [0.2, 0.25) is 0 Å². The van der Waals surface area contributed by atoms with E-state index in [1.54, 1.807) is 12.1 Å². The maximum absolute atomic E-state index is 11.5. The summed E-state index contributed by atoms with van der Waals surface area (Å²) in [5, 5.41) is 2.67. The van der Waals surface area contributed by atoms with E-state index in [9.17, 15) is 9.59 Å².